The summed E-state index contributed by atoms with van der Waals surface area (Å²) in [7, 11) is 2.12. The van der Waals surface area contributed by atoms with E-state index in [0.29, 0.717) is 0 Å². The van der Waals surface area contributed by atoms with Gasteiger partial charge in [0.1, 0.15) is 0 Å². The van der Waals surface area contributed by atoms with Gasteiger partial charge in [0.2, 0.25) is 0 Å². The SMILES string of the molecule is CN1CCC(O)(CC2OCCc3ccccc32)CC1. The molecule has 2 heterocycles. The van der Waals surface area contributed by atoms with Gasteiger partial charge in [0, 0.05) is 19.5 Å². The quantitative estimate of drug-likeness (QED) is 0.885. The Morgan fingerprint density at radius 3 is 2.84 bits per heavy atom. The highest BCUT2D eigenvalue weighted by molar-refractivity contribution is 5.31. The molecule has 0 aromatic heterocycles. The van der Waals surface area contributed by atoms with Crippen LogP contribution in [0.5, 0.6) is 0 Å². The topological polar surface area (TPSA) is 32.7 Å². The summed E-state index contributed by atoms with van der Waals surface area (Å²) in [6, 6.07) is 8.49. The van der Waals surface area contributed by atoms with Gasteiger partial charge in [0.25, 0.3) is 0 Å². The van der Waals surface area contributed by atoms with E-state index in [2.05, 4.69) is 36.2 Å². The van der Waals surface area contributed by atoms with E-state index in [1.165, 1.54) is 11.1 Å². The first-order chi connectivity index (χ1) is 9.16. The zero-order chi connectivity index (χ0) is 13.3. The Bertz CT molecular complexity index is 438. The summed E-state index contributed by atoms with van der Waals surface area (Å²) in [6.45, 7) is 2.73. The van der Waals surface area contributed by atoms with Crippen LogP contribution in [-0.2, 0) is 11.2 Å². The third-order valence-electron chi connectivity index (χ3n) is 4.58. The first-order valence-electron chi connectivity index (χ1n) is 7.27. The number of benzene rings is 1. The van der Waals surface area contributed by atoms with Crippen LogP contribution in [0, 0.1) is 0 Å². The lowest BCUT2D eigenvalue weighted by Crippen LogP contribution is -2.44. The van der Waals surface area contributed by atoms with Crippen molar-refractivity contribution in [2.24, 2.45) is 0 Å². The average molecular weight is 261 g/mol. The van der Waals surface area contributed by atoms with Crippen molar-refractivity contribution in [3.05, 3.63) is 35.4 Å². The molecule has 1 fully saturated rings. The summed E-state index contributed by atoms with van der Waals surface area (Å²) in [5, 5.41) is 10.8. The van der Waals surface area contributed by atoms with E-state index in [4.69, 9.17) is 4.74 Å². The van der Waals surface area contributed by atoms with Crippen LogP contribution < -0.4 is 0 Å². The first kappa shape index (κ1) is 13.1. The molecule has 0 aliphatic carbocycles. The summed E-state index contributed by atoms with van der Waals surface area (Å²) >= 11 is 0. The van der Waals surface area contributed by atoms with Crippen molar-refractivity contribution < 1.29 is 9.84 Å². The number of fused-ring (bicyclic) bond motifs is 1. The van der Waals surface area contributed by atoms with Gasteiger partial charge in [0.15, 0.2) is 0 Å². The standard InChI is InChI=1S/C16H23NO2/c1-17-9-7-16(18,8-10-17)12-15-14-5-3-2-4-13(14)6-11-19-15/h2-5,15,18H,6-12H2,1H3. The number of nitrogens with zero attached hydrogens (tertiary/aromatic N) is 1. The predicted octanol–water partition coefficient (Wildman–Crippen LogP) is 2.15. The van der Waals surface area contributed by atoms with Gasteiger partial charge in [-0.2, -0.15) is 0 Å². The molecule has 1 saturated heterocycles. The maximum Gasteiger partial charge on any atom is 0.0855 e. The van der Waals surface area contributed by atoms with Gasteiger partial charge in [-0.1, -0.05) is 24.3 Å². The van der Waals surface area contributed by atoms with Crippen LogP contribution in [0.4, 0.5) is 0 Å². The summed E-state index contributed by atoms with van der Waals surface area (Å²) in [4.78, 5) is 2.28. The predicted molar refractivity (Wildman–Crippen MR) is 75.1 cm³/mol. The van der Waals surface area contributed by atoms with Crippen molar-refractivity contribution in [2.45, 2.75) is 37.4 Å². The van der Waals surface area contributed by atoms with Gasteiger partial charge in [-0.15, -0.1) is 0 Å². The molecule has 0 spiro atoms. The van der Waals surface area contributed by atoms with Gasteiger partial charge in [-0.25, -0.2) is 0 Å². The van der Waals surface area contributed by atoms with Crippen LogP contribution in [0.1, 0.15) is 36.5 Å². The van der Waals surface area contributed by atoms with Crippen LogP contribution in [0.15, 0.2) is 24.3 Å². The highest BCUT2D eigenvalue weighted by Crippen LogP contribution is 2.37. The lowest BCUT2D eigenvalue weighted by atomic mass is 9.83. The van der Waals surface area contributed by atoms with Crippen LogP contribution in [0.25, 0.3) is 0 Å². The van der Waals surface area contributed by atoms with E-state index in [-0.39, 0.29) is 6.10 Å². The second kappa shape index (κ2) is 5.23. The monoisotopic (exact) mass is 261 g/mol. The summed E-state index contributed by atoms with van der Waals surface area (Å²) in [6.07, 6.45) is 3.50. The molecule has 0 amide bonds. The molecule has 1 atom stereocenters. The third kappa shape index (κ3) is 2.83. The molecule has 2 aliphatic heterocycles. The number of hydrogen-bond acceptors (Lipinski definition) is 3. The molecule has 19 heavy (non-hydrogen) atoms. The minimum atomic E-state index is -0.554. The molecule has 3 heteroatoms. The van der Waals surface area contributed by atoms with Crippen molar-refractivity contribution in [1.29, 1.82) is 0 Å². The number of piperidine rings is 1. The fourth-order valence-corrected chi connectivity index (χ4v) is 3.23. The van der Waals surface area contributed by atoms with Crippen LogP contribution in [0.2, 0.25) is 0 Å². The Labute approximate surface area is 115 Å². The lowest BCUT2D eigenvalue weighted by molar-refractivity contribution is -0.0731. The molecule has 1 unspecified atom stereocenters. The molecule has 1 aromatic carbocycles. The molecular formula is C16H23NO2. The van der Waals surface area contributed by atoms with Gasteiger partial charge in [0.05, 0.1) is 18.3 Å². The van der Waals surface area contributed by atoms with E-state index in [9.17, 15) is 5.11 Å². The highest BCUT2D eigenvalue weighted by atomic mass is 16.5. The van der Waals surface area contributed by atoms with Crippen molar-refractivity contribution >= 4 is 0 Å². The summed E-state index contributed by atoms with van der Waals surface area (Å²) < 4.78 is 5.93. The number of hydrogen-bond donors (Lipinski definition) is 1. The first-order valence-corrected chi connectivity index (χ1v) is 7.27. The second-order valence-corrected chi connectivity index (χ2v) is 6.04. The molecule has 2 aliphatic rings. The van der Waals surface area contributed by atoms with E-state index in [1.54, 1.807) is 0 Å². The minimum absolute atomic E-state index is 0.0679. The normalized spacial score (nSPS) is 26.9. The number of ether oxygens (including phenoxy) is 1. The average Bonchev–Trinajstić information content (AvgIpc) is 2.43. The Balaban J connectivity index is 1.74. The molecule has 1 N–H and O–H groups in total. The molecule has 104 valence electrons. The number of aliphatic hydroxyl groups is 1. The fraction of sp³-hybridized carbons (Fsp3) is 0.625. The van der Waals surface area contributed by atoms with Gasteiger partial charge in [-0.3, -0.25) is 0 Å². The zero-order valence-corrected chi connectivity index (χ0v) is 11.6. The van der Waals surface area contributed by atoms with Crippen LogP contribution in [0.3, 0.4) is 0 Å². The number of likely N-dealkylation sites (tertiary alicyclic amines) is 1. The van der Waals surface area contributed by atoms with E-state index < -0.39 is 5.60 Å². The Morgan fingerprint density at radius 1 is 1.32 bits per heavy atom. The molecule has 0 saturated carbocycles. The summed E-state index contributed by atoms with van der Waals surface area (Å²) in [5.74, 6) is 0. The molecule has 3 rings (SSSR count). The molecule has 0 bridgehead atoms. The number of rotatable bonds is 2. The van der Waals surface area contributed by atoms with Crippen molar-refractivity contribution in [3.63, 3.8) is 0 Å². The van der Waals surface area contributed by atoms with Crippen molar-refractivity contribution in [1.82, 2.24) is 4.90 Å². The highest BCUT2D eigenvalue weighted by Gasteiger charge is 2.35. The van der Waals surface area contributed by atoms with Crippen molar-refractivity contribution in [2.75, 3.05) is 26.7 Å². The summed E-state index contributed by atoms with van der Waals surface area (Å²) in [5.41, 5.74) is 2.11. The lowest BCUT2D eigenvalue weighted by Gasteiger charge is -2.39. The van der Waals surface area contributed by atoms with Gasteiger partial charge < -0.3 is 14.7 Å². The van der Waals surface area contributed by atoms with E-state index in [0.717, 1.165) is 45.4 Å². The zero-order valence-electron chi connectivity index (χ0n) is 11.6. The molecular weight excluding hydrogens is 238 g/mol. The third-order valence-corrected chi connectivity index (χ3v) is 4.58. The largest absolute Gasteiger partial charge is 0.390 e. The fourth-order valence-electron chi connectivity index (χ4n) is 3.23. The Kier molecular flexibility index (Phi) is 3.61. The second-order valence-electron chi connectivity index (χ2n) is 6.04. The molecule has 3 nitrogen and oxygen atoms in total. The van der Waals surface area contributed by atoms with Crippen LogP contribution in [-0.4, -0.2) is 42.4 Å². The smallest absolute Gasteiger partial charge is 0.0855 e. The van der Waals surface area contributed by atoms with Crippen molar-refractivity contribution in [3.8, 4) is 0 Å². The van der Waals surface area contributed by atoms with E-state index >= 15 is 0 Å². The van der Waals surface area contributed by atoms with E-state index in [1.807, 2.05) is 0 Å². The Morgan fingerprint density at radius 2 is 2.05 bits per heavy atom. The maximum absolute atomic E-state index is 10.8. The molecule has 1 aromatic rings. The minimum Gasteiger partial charge on any atom is -0.390 e. The van der Waals surface area contributed by atoms with Crippen LogP contribution >= 0.6 is 0 Å². The van der Waals surface area contributed by atoms with Gasteiger partial charge >= 0.3 is 0 Å². The Hall–Kier alpha value is -0.900. The van der Waals surface area contributed by atoms with Gasteiger partial charge in [-0.05, 0) is 37.4 Å². The molecule has 0 radical (unpaired) electrons. The maximum atomic E-state index is 10.8.